The fourth-order valence-corrected chi connectivity index (χ4v) is 1.84. The van der Waals surface area contributed by atoms with Gasteiger partial charge in [-0.25, -0.2) is 4.79 Å². The minimum Gasteiger partial charge on any atom is -0.457 e. The van der Waals surface area contributed by atoms with Crippen molar-refractivity contribution in [3.63, 3.8) is 0 Å². The molecule has 2 unspecified atom stereocenters. The van der Waals surface area contributed by atoms with Gasteiger partial charge in [-0.05, 0) is 13.3 Å². The van der Waals surface area contributed by atoms with E-state index < -0.39 is 20.3 Å². The fourth-order valence-electron chi connectivity index (χ4n) is 1.18. The summed E-state index contributed by atoms with van der Waals surface area (Å²) in [7, 11) is 3.54. The third-order valence-electron chi connectivity index (χ3n) is 2.41. The summed E-state index contributed by atoms with van der Waals surface area (Å²) >= 11 is 0. The minimum absolute atomic E-state index is 0.0853. The van der Waals surface area contributed by atoms with Gasteiger partial charge >= 0.3 is 14.2 Å². The maximum absolute atomic E-state index is 11.5. The number of carbonyl (C=O) groups is 1. The van der Waals surface area contributed by atoms with E-state index in [1.165, 1.54) is 6.08 Å². The van der Waals surface area contributed by atoms with Gasteiger partial charge in [0.25, 0.3) is 0 Å². The largest absolute Gasteiger partial charge is 0.457 e. The second-order valence-electron chi connectivity index (χ2n) is 5.39. The van der Waals surface area contributed by atoms with Gasteiger partial charge in [-0.3, -0.25) is 4.57 Å². The van der Waals surface area contributed by atoms with Crippen LogP contribution in [0.15, 0.2) is 12.2 Å². The molecule has 118 valence electrons. The Morgan fingerprint density at radius 1 is 1.30 bits per heavy atom. The molecule has 0 aromatic heterocycles. The van der Waals surface area contributed by atoms with Crippen LogP contribution in [0.1, 0.15) is 20.3 Å². The highest BCUT2D eigenvalue weighted by atomic mass is 31.1. The van der Waals surface area contributed by atoms with E-state index in [1.54, 1.807) is 13.0 Å². The Morgan fingerprint density at radius 3 is 2.45 bits per heavy atom. The van der Waals surface area contributed by atoms with Gasteiger partial charge in [-0.2, -0.15) is 0 Å². The predicted octanol–water partition coefficient (Wildman–Crippen LogP) is 2.01. The van der Waals surface area contributed by atoms with Crippen LogP contribution < -0.4 is 0 Å². The molecule has 0 aromatic rings. The zero-order valence-electron chi connectivity index (χ0n) is 13.0. The molecule has 7 heteroatoms. The molecule has 2 atom stereocenters. The molecule has 0 aliphatic rings. The van der Waals surface area contributed by atoms with E-state index in [0.29, 0.717) is 13.0 Å². The van der Waals surface area contributed by atoms with Crippen LogP contribution in [0.25, 0.3) is 0 Å². The van der Waals surface area contributed by atoms with Crippen molar-refractivity contribution in [3.8, 4) is 0 Å². The first-order valence-electron chi connectivity index (χ1n) is 6.71. The molecule has 0 spiro atoms. The van der Waals surface area contributed by atoms with Crippen LogP contribution in [0.2, 0.25) is 0 Å². The average Bonchev–Trinajstić information content (AvgIpc) is 2.33. The van der Waals surface area contributed by atoms with Crippen molar-refractivity contribution < 1.29 is 27.6 Å². The number of allylic oxidation sites excluding steroid dienone is 1. The fraction of sp³-hybridized carbons (Fsp3) is 0.769. The maximum Gasteiger partial charge on any atom is 0.330 e. The number of hydrogen-bond acceptors (Lipinski definition) is 5. The Kier molecular flexibility index (Phi) is 9.76. The molecule has 0 radical (unpaired) electrons. The highest BCUT2D eigenvalue weighted by Gasteiger charge is 2.14. The summed E-state index contributed by atoms with van der Waals surface area (Å²) in [5, 5.41) is 0. The molecule has 0 aromatic carbocycles. The molecule has 0 saturated heterocycles. The standard InChI is InChI=1S/C13H27NO5P/c1-6-8-13(15)19-12(7-2)11-18-20(16)17-10-9-14(3,4)5/h6,8,12,20H,7,9-11H2,1-5H3/q+1. The van der Waals surface area contributed by atoms with E-state index in [1.807, 2.05) is 28.1 Å². The Balaban J connectivity index is 3.93. The zero-order chi connectivity index (χ0) is 15.6. The van der Waals surface area contributed by atoms with Crippen molar-refractivity contribution in [1.82, 2.24) is 0 Å². The predicted molar refractivity (Wildman–Crippen MR) is 78.8 cm³/mol. The highest BCUT2D eigenvalue weighted by molar-refractivity contribution is 7.33. The second-order valence-corrected chi connectivity index (χ2v) is 6.47. The van der Waals surface area contributed by atoms with E-state index in [4.69, 9.17) is 13.8 Å². The number of likely N-dealkylation sites (N-methyl/N-ethyl adjacent to an activating group) is 1. The van der Waals surface area contributed by atoms with E-state index in [0.717, 1.165) is 11.0 Å². The van der Waals surface area contributed by atoms with E-state index in [2.05, 4.69) is 0 Å². The van der Waals surface area contributed by atoms with E-state index in [9.17, 15) is 9.36 Å². The smallest absolute Gasteiger partial charge is 0.330 e. The number of quaternary nitrogens is 1. The number of rotatable bonds is 10. The molecule has 0 fully saturated rings. The lowest BCUT2D eigenvalue weighted by atomic mass is 10.3. The summed E-state index contributed by atoms with van der Waals surface area (Å²) in [5.41, 5.74) is 0. The average molecular weight is 308 g/mol. The van der Waals surface area contributed by atoms with Crippen molar-refractivity contribution in [2.75, 3.05) is 40.9 Å². The number of nitrogens with zero attached hydrogens (tertiary/aromatic N) is 1. The molecule has 0 heterocycles. The Hall–Kier alpha value is -0.680. The molecule has 0 N–H and O–H groups in total. The van der Waals surface area contributed by atoms with Gasteiger partial charge in [0.05, 0.1) is 27.7 Å². The van der Waals surface area contributed by atoms with E-state index in [-0.39, 0.29) is 6.61 Å². The molecule has 6 nitrogen and oxygen atoms in total. The molecule has 0 aliphatic carbocycles. The normalized spacial score (nSPS) is 15.2. The second kappa shape index (κ2) is 10.1. The molecule has 0 amide bonds. The van der Waals surface area contributed by atoms with Crippen LogP contribution in [-0.4, -0.2) is 57.5 Å². The Bertz CT molecular complexity index is 338. The molecule has 0 saturated carbocycles. The van der Waals surface area contributed by atoms with Crippen molar-refractivity contribution in [3.05, 3.63) is 12.2 Å². The SMILES string of the molecule is CC=CC(=O)OC(CC)CO[PH](=O)OCC[N+](C)(C)C. The summed E-state index contributed by atoms with van der Waals surface area (Å²) in [6, 6.07) is 0. The molecule has 0 aliphatic heterocycles. The van der Waals surface area contributed by atoms with Gasteiger partial charge < -0.3 is 18.3 Å². The van der Waals surface area contributed by atoms with Crippen LogP contribution in [0.3, 0.4) is 0 Å². The third-order valence-corrected chi connectivity index (χ3v) is 3.25. The first-order chi connectivity index (χ1) is 9.28. The van der Waals surface area contributed by atoms with Crippen molar-refractivity contribution in [2.45, 2.75) is 26.4 Å². The summed E-state index contributed by atoms with van der Waals surface area (Å²) in [6.45, 7) is 4.80. The highest BCUT2D eigenvalue weighted by Crippen LogP contribution is 2.24. The summed E-state index contributed by atoms with van der Waals surface area (Å²) < 4.78 is 27.6. The lowest BCUT2D eigenvalue weighted by molar-refractivity contribution is -0.870. The van der Waals surface area contributed by atoms with Crippen molar-refractivity contribution in [1.29, 1.82) is 0 Å². The van der Waals surface area contributed by atoms with Crippen molar-refractivity contribution >= 4 is 14.2 Å². The Morgan fingerprint density at radius 2 is 1.95 bits per heavy atom. The first kappa shape index (κ1) is 19.3. The number of esters is 1. The number of hydrogen-bond donors (Lipinski definition) is 0. The minimum atomic E-state index is -2.53. The molecule has 0 bridgehead atoms. The molecular weight excluding hydrogens is 281 g/mol. The third kappa shape index (κ3) is 11.2. The van der Waals surface area contributed by atoms with Gasteiger partial charge in [0.15, 0.2) is 0 Å². The lowest BCUT2D eigenvalue weighted by Crippen LogP contribution is -2.37. The van der Waals surface area contributed by atoms with Crippen molar-refractivity contribution in [2.24, 2.45) is 0 Å². The molecule has 20 heavy (non-hydrogen) atoms. The van der Waals surface area contributed by atoms with Gasteiger partial charge in [0.1, 0.15) is 19.3 Å². The van der Waals surface area contributed by atoms with Crippen LogP contribution in [0, 0.1) is 0 Å². The van der Waals surface area contributed by atoms with Crippen LogP contribution in [-0.2, 0) is 23.1 Å². The summed E-state index contributed by atoms with van der Waals surface area (Å²) in [5.74, 6) is -0.423. The van der Waals surface area contributed by atoms with Gasteiger partial charge in [0, 0.05) is 6.08 Å². The quantitative estimate of drug-likeness (QED) is 0.267. The van der Waals surface area contributed by atoms with Crippen LogP contribution in [0.4, 0.5) is 0 Å². The maximum atomic E-state index is 11.5. The molecular formula is C13H27NO5P+. The van der Waals surface area contributed by atoms with Crippen LogP contribution >= 0.6 is 8.25 Å². The number of ether oxygens (including phenoxy) is 1. The van der Waals surface area contributed by atoms with Gasteiger partial charge in [-0.1, -0.05) is 13.0 Å². The monoisotopic (exact) mass is 308 g/mol. The van der Waals surface area contributed by atoms with Crippen LogP contribution in [0.5, 0.6) is 0 Å². The number of carbonyl (C=O) groups excluding carboxylic acids is 1. The van der Waals surface area contributed by atoms with Gasteiger partial charge in [0.2, 0.25) is 0 Å². The zero-order valence-corrected chi connectivity index (χ0v) is 14.0. The lowest BCUT2D eigenvalue weighted by Gasteiger charge is -2.23. The van der Waals surface area contributed by atoms with Gasteiger partial charge in [-0.15, -0.1) is 0 Å². The first-order valence-corrected chi connectivity index (χ1v) is 7.94. The Labute approximate surface area is 122 Å². The summed E-state index contributed by atoms with van der Waals surface area (Å²) in [4.78, 5) is 11.3. The van der Waals surface area contributed by atoms with E-state index >= 15 is 0 Å². The topological polar surface area (TPSA) is 61.8 Å². The summed E-state index contributed by atoms with van der Waals surface area (Å²) in [6.07, 6.45) is 3.13. The molecule has 0 rings (SSSR count).